The van der Waals surface area contributed by atoms with Gasteiger partial charge in [0, 0.05) is 46.6 Å². The molecule has 0 aliphatic carbocycles. The molecule has 2 N–H and O–H groups in total. The highest BCUT2D eigenvalue weighted by Crippen LogP contribution is 2.29. The average Bonchev–Trinajstić information content (AvgIpc) is 2.73. The van der Waals surface area contributed by atoms with Gasteiger partial charge in [-0.1, -0.05) is 6.07 Å². The van der Waals surface area contributed by atoms with Crippen molar-refractivity contribution in [2.45, 2.75) is 32.4 Å². The SMILES string of the molecule is CN=C(NCCCOCC1CCOCC1)NCc1ccc(OC)c(OC(F)F)c1. The van der Waals surface area contributed by atoms with Crippen LogP contribution in [0.5, 0.6) is 11.5 Å². The molecule has 1 aromatic carbocycles. The Hall–Kier alpha value is -2.13. The van der Waals surface area contributed by atoms with E-state index in [4.69, 9.17) is 14.2 Å². The van der Waals surface area contributed by atoms with Gasteiger partial charge >= 0.3 is 6.61 Å². The van der Waals surface area contributed by atoms with E-state index >= 15 is 0 Å². The van der Waals surface area contributed by atoms with Crippen LogP contribution in [-0.4, -0.2) is 59.7 Å². The summed E-state index contributed by atoms with van der Waals surface area (Å²) in [6, 6.07) is 4.90. The zero-order valence-electron chi connectivity index (χ0n) is 17.1. The van der Waals surface area contributed by atoms with E-state index in [0.29, 0.717) is 25.0 Å². The van der Waals surface area contributed by atoms with Crippen molar-refractivity contribution in [2.75, 3.05) is 47.1 Å². The van der Waals surface area contributed by atoms with E-state index in [1.54, 1.807) is 19.2 Å². The number of methoxy groups -OCH3 is 1. The van der Waals surface area contributed by atoms with Gasteiger partial charge in [0.25, 0.3) is 0 Å². The highest BCUT2D eigenvalue weighted by Gasteiger charge is 2.13. The van der Waals surface area contributed by atoms with Gasteiger partial charge in [0.2, 0.25) is 0 Å². The van der Waals surface area contributed by atoms with Crippen LogP contribution in [0, 0.1) is 5.92 Å². The second-order valence-electron chi connectivity index (χ2n) is 6.70. The lowest BCUT2D eigenvalue weighted by molar-refractivity contribution is -0.0512. The molecule has 0 saturated carbocycles. The summed E-state index contributed by atoms with van der Waals surface area (Å²) in [5.41, 5.74) is 0.768. The number of halogens is 2. The lowest BCUT2D eigenvalue weighted by Gasteiger charge is -2.21. The lowest BCUT2D eigenvalue weighted by Crippen LogP contribution is -2.37. The maximum atomic E-state index is 12.5. The molecule has 2 rings (SSSR count). The lowest BCUT2D eigenvalue weighted by atomic mass is 10.0. The zero-order valence-corrected chi connectivity index (χ0v) is 17.1. The second kappa shape index (κ2) is 13.2. The molecule has 0 unspecified atom stereocenters. The minimum atomic E-state index is -2.91. The molecule has 0 bridgehead atoms. The van der Waals surface area contributed by atoms with E-state index < -0.39 is 6.61 Å². The Balaban J connectivity index is 1.66. The van der Waals surface area contributed by atoms with Crippen LogP contribution in [0.1, 0.15) is 24.8 Å². The highest BCUT2D eigenvalue weighted by atomic mass is 19.3. The Labute approximate surface area is 170 Å². The maximum absolute atomic E-state index is 12.5. The van der Waals surface area contributed by atoms with Crippen molar-refractivity contribution in [3.63, 3.8) is 0 Å². The summed E-state index contributed by atoms with van der Waals surface area (Å²) in [6.45, 7) is 1.36. The molecule has 0 radical (unpaired) electrons. The molecule has 0 aromatic heterocycles. The summed E-state index contributed by atoms with van der Waals surface area (Å²) < 4.78 is 45.7. The molecule has 164 valence electrons. The molecule has 0 atom stereocenters. The Bertz CT molecular complexity index is 626. The molecule has 9 heteroatoms. The van der Waals surface area contributed by atoms with Crippen LogP contribution < -0.4 is 20.1 Å². The fourth-order valence-corrected chi connectivity index (χ4v) is 2.97. The number of hydrogen-bond donors (Lipinski definition) is 2. The summed E-state index contributed by atoms with van der Waals surface area (Å²) >= 11 is 0. The van der Waals surface area contributed by atoms with Crippen LogP contribution >= 0.6 is 0 Å². The largest absolute Gasteiger partial charge is 0.493 e. The van der Waals surface area contributed by atoms with Gasteiger partial charge in [-0.2, -0.15) is 8.78 Å². The number of benzene rings is 1. The van der Waals surface area contributed by atoms with Crippen molar-refractivity contribution >= 4 is 5.96 Å². The topological polar surface area (TPSA) is 73.3 Å². The van der Waals surface area contributed by atoms with Crippen LogP contribution in [-0.2, 0) is 16.0 Å². The molecule has 0 spiro atoms. The number of nitrogens with zero attached hydrogens (tertiary/aromatic N) is 1. The predicted molar refractivity (Wildman–Crippen MR) is 107 cm³/mol. The van der Waals surface area contributed by atoms with Gasteiger partial charge in [-0.05, 0) is 42.9 Å². The van der Waals surface area contributed by atoms with Gasteiger partial charge in [0.15, 0.2) is 17.5 Å². The first-order valence-electron chi connectivity index (χ1n) is 9.84. The Morgan fingerprint density at radius 3 is 2.72 bits per heavy atom. The molecule has 1 heterocycles. The van der Waals surface area contributed by atoms with E-state index in [2.05, 4.69) is 20.4 Å². The number of guanidine groups is 1. The van der Waals surface area contributed by atoms with Crippen molar-refractivity contribution < 1.29 is 27.7 Å². The third-order valence-corrected chi connectivity index (χ3v) is 4.58. The Morgan fingerprint density at radius 1 is 1.24 bits per heavy atom. The van der Waals surface area contributed by atoms with Crippen molar-refractivity contribution in [1.82, 2.24) is 10.6 Å². The molecule has 1 aromatic rings. The fraction of sp³-hybridized carbons (Fsp3) is 0.650. The molecular weight excluding hydrogens is 384 g/mol. The number of aliphatic imine (C=N–C) groups is 1. The number of rotatable bonds is 11. The smallest absolute Gasteiger partial charge is 0.387 e. The van der Waals surface area contributed by atoms with E-state index in [-0.39, 0.29) is 11.5 Å². The predicted octanol–water partition coefficient (Wildman–Crippen LogP) is 2.79. The Morgan fingerprint density at radius 2 is 2.03 bits per heavy atom. The van der Waals surface area contributed by atoms with Gasteiger partial charge < -0.3 is 29.6 Å². The summed E-state index contributed by atoms with van der Waals surface area (Å²) in [6.07, 6.45) is 3.01. The average molecular weight is 415 g/mol. The quantitative estimate of drug-likeness (QED) is 0.329. The fourth-order valence-electron chi connectivity index (χ4n) is 2.97. The first kappa shape index (κ1) is 23.2. The first-order chi connectivity index (χ1) is 14.1. The Kier molecular flexibility index (Phi) is 10.5. The van der Waals surface area contributed by atoms with Crippen LogP contribution in [0.15, 0.2) is 23.2 Å². The molecule has 1 aliphatic heterocycles. The van der Waals surface area contributed by atoms with Gasteiger partial charge in [-0.15, -0.1) is 0 Å². The number of ether oxygens (including phenoxy) is 4. The standard InChI is InChI=1S/C20H31F2N3O4/c1-23-20(24-8-3-9-28-14-15-6-10-27-11-7-15)25-13-16-4-5-17(26-2)18(12-16)29-19(21)22/h4-5,12,15,19H,3,6-11,13-14H2,1-2H3,(H2,23,24,25). The van der Waals surface area contributed by atoms with Gasteiger partial charge in [0.1, 0.15) is 0 Å². The normalized spacial score (nSPS) is 15.4. The van der Waals surface area contributed by atoms with Crippen LogP contribution in [0.3, 0.4) is 0 Å². The molecule has 1 saturated heterocycles. The first-order valence-corrected chi connectivity index (χ1v) is 9.84. The van der Waals surface area contributed by atoms with Crippen LogP contribution in [0.4, 0.5) is 8.78 Å². The van der Waals surface area contributed by atoms with Crippen LogP contribution in [0.2, 0.25) is 0 Å². The van der Waals surface area contributed by atoms with Crippen molar-refractivity contribution in [3.8, 4) is 11.5 Å². The number of alkyl halides is 2. The monoisotopic (exact) mass is 415 g/mol. The molecule has 29 heavy (non-hydrogen) atoms. The van der Waals surface area contributed by atoms with Gasteiger partial charge in [0.05, 0.1) is 7.11 Å². The molecule has 1 fully saturated rings. The van der Waals surface area contributed by atoms with Crippen molar-refractivity contribution in [1.29, 1.82) is 0 Å². The molecule has 1 aliphatic rings. The number of hydrogen-bond acceptors (Lipinski definition) is 5. The molecular formula is C20H31F2N3O4. The molecule has 0 amide bonds. The summed E-state index contributed by atoms with van der Waals surface area (Å²) in [5.74, 6) is 1.50. The second-order valence-corrected chi connectivity index (χ2v) is 6.70. The summed E-state index contributed by atoms with van der Waals surface area (Å²) in [7, 11) is 3.08. The third kappa shape index (κ3) is 8.82. The minimum Gasteiger partial charge on any atom is -0.493 e. The summed E-state index contributed by atoms with van der Waals surface area (Å²) in [5, 5.41) is 6.36. The van der Waals surface area contributed by atoms with E-state index in [1.807, 2.05) is 0 Å². The van der Waals surface area contributed by atoms with Gasteiger partial charge in [-0.3, -0.25) is 4.99 Å². The minimum absolute atomic E-state index is 0.00595. The van der Waals surface area contributed by atoms with Crippen LogP contribution in [0.25, 0.3) is 0 Å². The number of nitrogens with one attached hydrogen (secondary N) is 2. The summed E-state index contributed by atoms with van der Waals surface area (Å²) in [4.78, 5) is 4.16. The molecule has 7 nitrogen and oxygen atoms in total. The van der Waals surface area contributed by atoms with Gasteiger partial charge in [-0.25, -0.2) is 0 Å². The third-order valence-electron chi connectivity index (χ3n) is 4.58. The van der Waals surface area contributed by atoms with E-state index in [0.717, 1.165) is 51.2 Å². The highest BCUT2D eigenvalue weighted by molar-refractivity contribution is 5.79. The van der Waals surface area contributed by atoms with E-state index in [1.165, 1.54) is 13.2 Å². The maximum Gasteiger partial charge on any atom is 0.387 e. The zero-order chi connectivity index (χ0) is 20.9. The van der Waals surface area contributed by atoms with E-state index in [9.17, 15) is 8.78 Å². The van der Waals surface area contributed by atoms with Crippen molar-refractivity contribution in [2.24, 2.45) is 10.9 Å². The van der Waals surface area contributed by atoms with Crippen molar-refractivity contribution in [3.05, 3.63) is 23.8 Å².